The van der Waals surface area contributed by atoms with Crippen LogP contribution in [0.4, 0.5) is 5.69 Å². The van der Waals surface area contributed by atoms with Crippen LogP contribution < -0.4 is 10.0 Å². The van der Waals surface area contributed by atoms with E-state index >= 15 is 0 Å². The minimum Gasteiger partial charge on any atom is -0.385 e. The van der Waals surface area contributed by atoms with Crippen molar-refractivity contribution in [2.75, 3.05) is 18.4 Å². The first-order chi connectivity index (χ1) is 11.3. The molecule has 1 heterocycles. The Morgan fingerprint density at radius 1 is 1.04 bits per heavy atom. The molecule has 2 rings (SSSR count). The summed E-state index contributed by atoms with van der Waals surface area (Å²) in [4.78, 5) is 4.31. The van der Waals surface area contributed by atoms with Gasteiger partial charge in [0.25, 0.3) is 0 Å². The molecule has 0 aliphatic rings. The molecule has 0 unspecified atom stereocenters. The molecule has 2 N–H and O–H groups in total. The Labute approximate surface area is 144 Å². The van der Waals surface area contributed by atoms with Crippen LogP contribution in [0.1, 0.15) is 40.0 Å². The van der Waals surface area contributed by atoms with Crippen molar-refractivity contribution >= 4 is 26.6 Å². The minimum atomic E-state index is -3.23. The minimum absolute atomic E-state index is 0.501. The number of unbranched alkanes of at least 4 members (excludes halogenated alkanes) is 2. The first-order valence-electron chi connectivity index (χ1n) is 8.37. The standard InChI is InChI=1S/C18H27N3O2S/c1-18(2,3)24(22,23)21-13-6-4-5-11-19-16-9-10-17-15(14-16)8-7-12-20-17/h7-10,12,14,19,21H,4-6,11,13H2,1-3H3. The third-order valence-corrected chi connectivity index (χ3v) is 6.08. The van der Waals surface area contributed by atoms with Gasteiger partial charge in [-0.15, -0.1) is 0 Å². The molecule has 132 valence electrons. The number of rotatable bonds is 8. The van der Waals surface area contributed by atoms with Crippen LogP contribution in [0.25, 0.3) is 10.9 Å². The summed E-state index contributed by atoms with van der Waals surface area (Å²) in [7, 11) is -3.23. The van der Waals surface area contributed by atoms with Gasteiger partial charge < -0.3 is 5.32 Å². The zero-order valence-electron chi connectivity index (χ0n) is 14.7. The zero-order chi connectivity index (χ0) is 17.6. The monoisotopic (exact) mass is 349 g/mol. The van der Waals surface area contributed by atoms with Crippen LogP contribution in [-0.2, 0) is 10.0 Å². The number of anilines is 1. The van der Waals surface area contributed by atoms with Crippen molar-refractivity contribution in [2.24, 2.45) is 0 Å². The highest BCUT2D eigenvalue weighted by molar-refractivity contribution is 7.90. The molecule has 5 nitrogen and oxygen atoms in total. The molecule has 0 bridgehead atoms. The molecule has 0 spiro atoms. The number of nitrogens with zero attached hydrogens (tertiary/aromatic N) is 1. The van der Waals surface area contributed by atoms with E-state index < -0.39 is 14.8 Å². The maximum absolute atomic E-state index is 11.9. The fraction of sp³-hybridized carbons (Fsp3) is 0.500. The molecule has 1 aromatic heterocycles. The van der Waals surface area contributed by atoms with E-state index in [4.69, 9.17) is 0 Å². The van der Waals surface area contributed by atoms with Crippen LogP contribution in [-0.4, -0.2) is 31.2 Å². The van der Waals surface area contributed by atoms with Gasteiger partial charge in [-0.3, -0.25) is 4.98 Å². The normalized spacial score (nSPS) is 12.5. The average Bonchev–Trinajstić information content (AvgIpc) is 2.52. The highest BCUT2D eigenvalue weighted by Crippen LogP contribution is 2.17. The third kappa shape index (κ3) is 5.18. The maximum Gasteiger partial charge on any atom is 0.216 e. The second-order valence-corrected chi connectivity index (χ2v) is 9.43. The lowest BCUT2D eigenvalue weighted by atomic mass is 10.2. The van der Waals surface area contributed by atoms with Crippen molar-refractivity contribution in [1.29, 1.82) is 0 Å². The van der Waals surface area contributed by atoms with Gasteiger partial charge in [0.05, 0.1) is 10.3 Å². The first kappa shape index (κ1) is 18.7. The number of aromatic nitrogens is 1. The highest BCUT2D eigenvalue weighted by atomic mass is 32.2. The number of benzene rings is 1. The lowest BCUT2D eigenvalue weighted by Gasteiger charge is -2.19. The van der Waals surface area contributed by atoms with Gasteiger partial charge >= 0.3 is 0 Å². The number of fused-ring (bicyclic) bond motifs is 1. The summed E-state index contributed by atoms with van der Waals surface area (Å²) in [6.45, 7) is 6.49. The van der Waals surface area contributed by atoms with Crippen LogP contribution >= 0.6 is 0 Å². The molecule has 0 aliphatic carbocycles. The molecule has 24 heavy (non-hydrogen) atoms. The van der Waals surface area contributed by atoms with Gasteiger partial charge in [-0.25, -0.2) is 13.1 Å². The van der Waals surface area contributed by atoms with E-state index in [2.05, 4.69) is 27.2 Å². The molecule has 2 aromatic rings. The molecule has 0 saturated carbocycles. The topological polar surface area (TPSA) is 71.1 Å². The van der Waals surface area contributed by atoms with Gasteiger partial charge in [-0.05, 0) is 57.9 Å². The van der Waals surface area contributed by atoms with Gasteiger partial charge in [0.2, 0.25) is 10.0 Å². The van der Waals surface area contributed by atoms with Crippen LogP contribution in [0.2, 0.25) is 0 Å². The smallest absolute Gasteiger partial charge is 0.216 e. The molecule has 0 atom stereocenters. The quantitative estimate of drug-likeness (QED) is 0.715. The third-order valence-electron chi connectivity index (χ3n) is 3.88. The van der Waals surface area contributed by atoms with Crippen molar-refractivity contribution in [2.45, 2.75) is 44.8 Å². The summed E-state index contributed by atoms with van der Waals surface area (Å²) < 4.78 is 25.7. The number of nitrogens with one attached hydrogen (secondary N) is 2. The molecule has 0 saturated heterocycles. The van der Waals surface area contributed by atoms with E-state index in [0.29, 0.717) is 6.54 Å². The Bertz CT molecular complexity index is 767. The van der Waals surface area contributed by atoms with Crippen LogP contribution in [0.3, 0.4) is 0 Å². The summed E-state index contributed by atoms with van der Waals surface area (Å²) in [5, 5.41) is 4.53. The lowest BCUT2D eigenvalue weighted by Crippen LogP contribution is -2.39. The Morgan fingerprint density at radius 3 is 2.54 bits per heavy atom. The van der Waals surface area contributed by atoms with Gasteiger partial charge in [0.1, 0.15) is 0 Å². The van der Waals surface area contributed by atoms with Crippen LogP contribution in [0.5, 0.6) is 0 Å². The summed E-state index contributed by atoms with van der Waals surface area (Å²) in [6, 6.07) is 10.1. The molecular formula is C18H27N3O2S. The largest absolute Gasteiger partial charge is 0.385 e. The first-order valence-corrected chi connectivity index (χ1v) is 9.86. The zero-order valence-corrected chi connectivity index (χ0v) is 15.5. The van der Waals surface area contributed by atoms with E-state index in [-0.39, 0.29) is 0 Å². The Hall–Kier alpha value is -1.66. The molecule has 0 fully saturated rings. The van der Waals surface area contributed by atoms with E-state index in [1.165, 1.54) is 0 Å². The SMILES string of the molecule is CC(C)(C)S(=O)(=O)NCCCCCNc1ccc2ncccc2c1. The number of sulfonamides is 1. The second kappa shape index (κ2) is 7.94. The summed E-state index contributed by atoms with van der Waals surface area (Å²) in [5.41, 5.74) is 2.08. The van der Waals surface area contributed by atoms with Gasteiger partial charge in [-0.1, -0.05) is 12.5 Å². The van der Waals surface area contributed by atoms with E-state index in [0.717, 1.165) is 42.4 Å². The molecule has 0 amide bonds. The summed E-state index contributed by atoms with van der Waals surface area (Å²) in [5.74, 6) is 0. The maximum atomic E-state index is 11.9. The Balaban J connectivity index is 1.66. The highest BCUT2D eigenvalue weighted by Gasteiger charge is 2.27. The Morgan fingerprint density at radius 2 is 1.79 bits per heavy atom. The van der Waals surface area contributed by atoms with Crippen molar-refractivity contribution in [3.05, 3.63) is 36.5 Å². The predicted octanol–water partition coefficient (Wildman–Crippen LogP) is 3.53. The van der Waals surface area contributed by atoms with Crippen molar-refractivity contribution in [3.63, 3.8) is 0 Å². The van der Waals surface area contributed by atoms with Gasteiger partial charge in [-0.2, -0.15) is 0 Å². The Kier molecular flexibility index (Phi) is 6.18. The summed E-state index contributed by atoms with van der Waals surface area (Å²) >= 11 is 0. The predicted molar refractivity (Wildman–Crippen MR) is 101 cm³/mol. The molecule has 0 aliphatic heterocycles. The molecular weight excluding hydrogens is 322 g/mol. The van der Waals surface area contributed by atoms with E-state index in [9.17, 15) is 8.42 Å². The van der Waals surface area contributed by atoms with Crippen LogP contribution in [0.15, 0.2) is 36.5 Å². The van der Waals surface area contributed by atoms with Crippen LogP contribution in [0, 0.1) is 0 Å². The fourth-order valence-corrected chi connectivity index (χ4v) is 3.11. The average molecular weight is 350 g/mol. The molecule has 0 radical (unpaired) electrons. The van der Waals surface area contributed by atoms with Gasteiger partial charge in [0, 0.05) is 30.4 Å². The molecule has 6 heteroatoms. The van der Waals surface area contributed by atoms with Crippen molar-refractivity contribution in [3.8, 4) is 0 Å². The number of pyridine rings is 1. The van der Waals surface area contributed by atoms with Crippen molar-refractivity contribution in [1.82, 2.24) is 9.71 Å². The second-order valence-electron chi connectivity index (χ2n) is 6.91. The number of hydrogen-bond donors (Lipinski definition) is 2. The van der Waals surface area contributed by atoms with E-state index in [1.54, 1.807) is 27.0 Å². The molecule has 1 aromatic carbocycles. The fourth-order valence-electron chi connectivity index (χ4n) is 2.27. The van der Waals surface area contributed by atoms with Gasteiger partial charge in [0.15, 0.2) is 0 Å². The summed E-state index contributed by atoms with van der Waals surface area (Å²) in [6.07, 6.45) is 4.62. The number of hydrogen-bond acceptors (Lipinski definition) is 4. The lowest BCUT2D eigenvalue weighted by molar-refractivity contribution is 0.540. The van der Waals surface area contributed by atoms with E-state index in [1.807, 2.05) is 18.2 Å². The van der Waals surface area contributed by atoms with Crippen molar-refractivity contribution < 1.29 is 8.42 Å².